The molecule has 0 aliphatic rings. The van der Waals surface area contributed by atoms with Crippen LogP contribution in [-0.4, -0.2) is 32.8 Å². The maximum Gasteiger partial charge on any atom is 0.259 e. The number of hydrogen-bond acceptors (Lipinski definition) is 6. The average molecular weight is 429 g/mol. The minimum atomic E-state index is -0.255. The van der Waals surface area contributed by atoms with Gasteiger partial charge in [-0.15, -0.1) is 0 Å². The van der Waals surface area contributed by atoms with Crippen LogP contribution in [-0.2, 0) is 13.0 Å². The number of rotatable bonds is 8. The van der Waals surface area contributed by atoms with Crippen LogP contribution in [0.1, 0.15) is 28.5 Å². The zero-order valence-corrected chi connectivity index (χ0v) is 17.9. The summed E-state index contributed by atoms with van der Waals surface area (Å²) in [6, 6.07) is 14.6. The van der Waals surface area contributed by atoms with Crippen LogP contribution in [0.2, 0.25) is 0 Å². The lowest BCUT2D eigenvalue weighted by atomic mass is 10.2. The fraction of sp³-hybridized carbons (Fsp3) is 0.167. The molecule has 0 aliphatic carbocycles. The van der Waals surface area contributed by atoms with Crippen LogP contribution in [0.4, 0.5) is 5.69 Å². The van der Waals surface area contributed by atoms with Gasteiger partial charge in [-0.25, -0.2) is 9.67 Å². The number of carbonyl (C=O) groups is 1. The summed E-state index contributed by atoms with van der Waals surface area (Å²) < 4.78 is 13.0. The first-order chi connectivity index (χ1) is 15.7. The van der Waals surface area contributed by atoms with Crippen molar-refractivity contribution < 1.29 is 14.3 Å². The standard InChI is InChI=1S/C24H23N5O3/c1-3-20-19(15-27-29(20)23-6-4-5-11-26-23)24(30)28-18-7-8-21(31-2)22(14-18)32-16-17-9-12-25-13-10-17/h4-15H,3,16H2,1-2H3,(H,28,30). The minimum Gasteiger partial charge on any atom is -0.493 e. The van der Waals surface area contributed by atoms with E-state index in [2.05, 4.69) is 20.4 Å². The van der Waals surface area contributed by atoms with Gasteiger partial charge < -0.3 is 14.8 Å². The largest absolute Gasteiger partial charge is 0.493 e. The summed E-state index contributed by atoms with van der Waals surface area (Å²) in [7, 11) is 1.58. The van der Waals surface area contributed by atoms with Gasteiger partial charge >= 0.3 is 0 Å². The molecule has 0 aliphatic heterocycles. The normalized spacial score (nSPS) is 10.6. The van der Waals surface area contributed by atoms with Crippen LogP contribution in [0, 0.1) is 0 Å². The van der Waals surface area contributed by atoms with Crippen LogP contribution < -0.4 is 14.8 Å². The predicted octanol–water partition coefficient (Wildman–Crippen LogP) is 4.06. The van der Waals surface area contributed by atoms with Gasteiger partial charge in [-0.3, -0.25) is 9.78 Å². The van der Waals surface area contributed by atoms with Crippen molar-refractivity contribution in [2.45, 2.75) is 20.0 Å². The smallest absolute Gasteiger partial charge is 0.259 e. The van der Waals surface area contributed by atoms with Gasteiger partial charge in [0.15, 0.2) is 17.3 Å². The summed E-state index contributed by atoms with van der Waals surface area (Å²) in [5, 5.41) is 7.30. The van der Waals surface area contributed by atoms with Crippen molar-refractivity contribution in [3.63, 3.8) is 0 Å². The zero-order chi connectivity index (χ0) is 22.3. The molecular weight excluding hydrogens is 406 g/mol. The van der Waals surface area contributed by atoms with Gasteiger partial charge in [-0.05, 0) is 48.4 Å². The van der Waals surface area contributed by atoms with Crippen molar-refractivity contribution in [1.82, 2.24) is 19.7 Å². The molecule has 0 saturated heterocycles. The van der Waals surface area contributed by atoms with E-state index in [4.69, 9.17) is 9.47 Å². The van der Waals surface area contributed by atoms with Gasteiger partial charge in [0.25, 0.3) is 5.91 Å². The Hall–Kier alpha value is -4.20. The summed E-state index contributed by atoms with van der Waals surface area (Å²) in [6.07, 6.45) is 7.31. The molecule has 3 heterocycles. The maximum absolute atomic E-state index is 13.0. The second-order valence-electron chi connectivity index (χ2n) is 6.92. The molecule has 0 fully saturated rings. The molecule has 1 amide bonds. The number of carbonyl (C=O) groups excluding carboxylic acids is 1. The van der Waals surface area contributed by atoms with Gasteiger partial charge in [0.2, 0.25) is 0 Å². The number of methoxy groups -OCH3 is 1. The lowest BCUT2D eigenvalue weighted by Crippen LogP contribution is -2.14. The fourth-order valence-corrected chi connectivity index (χ4v) is 3.29. The number of hydrogen-bond donors (Lipinski definition) is 1. The number of nitrogens with one attached hydrogen (secondary N) is 1. The van der Waals surface area contributed by atoms with Crippen LogP contribution in [0.5, 0.6) is 11.5 Å². The van der Waals surface area contributed by atoms with E-state index in [0.29, 0.717) is 41.6 Å². The second-order valence-corrected chi connectivity index (χ2v) is 6.92. The first-order valence-corrected chi connectivity index (χ1v) is 10.2. The molecule has 8 heteroatoms. The molecular formula is C24H23N5O3. The lowest BCUT2D eigenvalue weighted by Gasteiger charge is -2.13. The first kappa shape index (κ1) is 21.0. The molecule has 0 atom stereocenters. The molecule has 0 unspecified atom stereocenters. The van der Waals surface area contributed by atoms with Crippen LogP contribution >= 0.6 is 0 Å². The molecule has 0 bridgehead atoms. The Labute approximate surface area is 185 Å². The summed E-state index contributed by atoms with van der Waals surface area (Å²) in [5.74, 6) is 1.52. The number of aromatic nitrogens is 4. The number of ether oxygens (including phenoxy) is 2. The van der Waals surface area contributed by atoms with Crippen molar-refractivity contribution in [2.24, 2.45) is 0 Å². The van der Waals surface area contributed by atoms with Crippen LogP contribution in [0.3, 0.4) is 0 Å². The van der Waals surface area contributed by atoms with Gasteiger partial charge in [0, 0.05) is 30.3 Å². The van der Waals surface area contributed by atoms with E-state index in [1.54, 1.807) is 54.8 Å². The highest BCUT2D eigenvalue weighted by Crippen LogP contribution is 2.31. The number of anilines is 1. The highest BCUT2D eigenvalue weighted by Gasteiger charge is 2.18. The summed E-state index contributed by atoms with van der Waals surface area (Å²) in [6.45, 7) is 2.33. The van der Waals surface area contributed by atoms with Crippen molar-refractivity contribution in [1.29, 1.82) is 0 Å². The average Bonchev–Trinajstić information content (AvgIpc) is 3.28. The topological polar surface area (TPSA) is 91.2 Å². The third kappa shape index (κ3) is 4.59. The molecule has 1 N–H and O–H groups in total. The van der Waals surface area contributed by atoms with Gasteiger partial charge in [0.1, 0.15) is 6.61 Å². The SMILES string of the molecule is CCc1c(C(=O)Nc2ccc(OC)c(OCc3ccncc3)c2)cnn1-c1ccccn1. The molecule has 32 heavy (non-hydrogen) atoms. The van der Waals surface area contributed by atoms with E-state index < -0.39 is 0 Å². The number of amides is 1. The van der Waals surface area contributed by atoms with Crippen molar-refractivity contribution >= 4 is 11.6 Å². The minimum absolute atomic E-state index is 0.255. The molecule has 0 saturated carbocycles. The summed E-state index contributed by atoms with van der Waals surface area (Å²) in [4.78, 5) is 21.4. The van der Waals surface area contributed by atoms with Crippen LogP contribution in [0.25, 0.3) is 5.82 Å². The third-order valence-corrected chi connectivity index (χ3v) is 4.88. The molecule has 8 nitrogen and oxygen atoms in total. The van der Waals surface area contributed by atoms with E-state index in [1.165, 1.54) is 0 Å². The van der Waals surface area contributed by atoms with E-state index in [1.807, 2.05) is 37.3 Å². The van der Waals surface area contributed by atoms with Gasteiger partial charge in [-0.1, -0.05) is 13.0 Å². The van der Waals surface area contributed by atoms with Gasteiger partial charge in [-0.2, -0.15) is 5.10 Å². The van der Waals surface area contributed by atoms with E-state index in [9.17, 15) is 4.79 Å². The highest BCUT2D eigenvalue weighted by molar-refractivity contribution is 6.05. The lowest BCUT2D eigenvalue weighted by molar-refractivity contribution is 0.102. The second kappa shape index (κ2) is 9.74. The summed E-state index contributed by atoms with van der Waals surface area (Å²) >= 11 is 0. The molecule has 162 valence electrons. The Morgan fingerprint density at radius 1 is 1.06 bits per heavy atom. The fourth-order valence-electron chi connectivity index (χ4n) is 3.29. The molecule has 1 aromatic carbocycles. The van der Waals surface area contributed by atoms with Crippen LogP contribution in [0.15, 0.2) is 73.3 Å². The van der Waals surface area contributed by atoms with Crippen molar-refractivity contribution in [2.75, 3.05) is 12.4 Å². The quantitative estimate of drug-likeness (QED) is 0.454. The van der Waals surface area contributed by atoms with E-state index in [0.717, 1.165) is 11.3 Å². The zero-order valence-electron chi connectivity index (χ0n) is 17.9. The Morgan fingerprint density at radius 3 is 2.62 bits per heavy atom. The maximum atomic E-state index is 13.0. The molecule has 4 aromatic rings. The molecule has 0 spiro atoms. The van der Waals surface area contributed by atoms with E-state index >= 15 is 0 Å². The third-order valence-electron chi connectivity index (χ3n) is 4.88. The molecule has 0 radical (unpaired) electrons. The molecule has 3 aromatic heterocycles. The monoisotopic (exact) mass is 429 g/mol. The number of benzene rings is 1. The number of pyridine rings is 2. The number of nitrogens with zero attached hydrogens (tertiary/aromatic N) is 4. The Kier molecular flexibility index (Phi) is 6.41. The van der Waals surface area contributed by atoms with Gasteiger partial charge in [0.05, 0.1) is 24.6 Å². The Bertz CT molecular complexity index is 1190. The molecule has 4 rings (SSSR count). The van der Waals surface area contributed by atoms with Crippen molar-refractivity contribution in [3.8, 4) is 17.3 Å². The predicted molar refractivity (Wildman–Crippen MR) is 120 cm³/mol. The Morgan fingerprint density at radius 2 is 1.91 bits per heavy atom. The summed E-state index contributed by atoms with van der Waals surface area (Å²) in [5.41, 5.74) is 2.84. The van der Waals surface area contributed by atoms with E-state index in [-0.39, 0.29) is 5.91 Å². The highest BCUT2D eigenvalue weighted by atomic mass is 16.5. The van der Waals surface area contributed by atoms with Crippen molar-refractivity contribution in [3.05, 3.63) is 90.1 Å². The Balaban J connectivity index is 1.54. The first-order valence-electron chi connectivity index (χ1n) is 10.2.